The zero-order chi connectivity index (χ0) is 22.9. The molecule has 8 nitrogen and oxygen atoms in total. The topological polar surface area (TPSA) is 107 Å². The monoisotopic (exact) mass is 453 g/mol. The summed E-state index contributed by atoms with van der Waals surface area (Å²) in [4.78, 5) is 37.2. The number of hydrogen-bond acceptors (Lipinski definition) is 7. The molecule has 0 saturated heterocycles. The lowest BCUT2D eigenvalue weighted by Gasteiger charge is -2.15. The normalized spacial score (nSPS) is 14.3. The molecule has 0 unspecified atom stereocenters. The van der Waals surface area contributed by atoms with Crippen molar-refractivity contribution >= 4 is 38.6 Å². The standard InChI is InChI=1S/C23H19NO7S/c1-2-30-19(25)14-31-23(27)18-12-16-10-6-7-11-17(16)20-21(18)32(28,29)24(22(20)26)13-15-8-4-3-5-9-15/h3-12H,2,13-14H2,1H3. The minimum Gasteiger partial charge on any atom is -0.463 e. The van der Waals surface area contributed by atoms with Crippen LogP contribution in [0.15, 0.2) is 65.6 Å². The molecule has 0 N–H and O–H groups in total. The number of nitrogens with zero attached hydrogens (tertiary/aromatic N) is 1. The first-order chi connectivity index (χ1) is 15.3. The van der Waals surface area contributed by atoms with Crippen molar-refractivity contribution in [2.45, 2.75) is 18.4 Å². The van der Waals surface area contributed by atoms with E-state index in [0.717, 1.165) is 4.31 Å². The SMILES string of the molecule is CCOC(=O)COC(=O)c1cc2ccccc2c2c1S(=O)(=O)N(Cc1ccccc1)C2=O. The molecule has 0 aromatic heterocycles. The van der Waals surface area contributed by atoms with E-state index in [4.69, 9.17) is 9.47 Å². The van der Waals surface area contributed by atoms with Crippen molar-refractivity contribution < 1.29 is 32.3 Å². The maximum atomic E-state index is 13.4. The highest BCUT2D eigenvalue weighted by molar-refractivity contribution is 7.90. The fraction of sp³-hybridized carbons (Fsp3) is 0.174. The third-order valence-electron chi connectivity index (χ3n) is 5.01. The molecule has 4 rings (SSSR count). The van der Waals surface area contributed by atoms with Crippen LogP contribution in [0.2, 0.25) is 0 Å². The Morgan fingerprint density at radius 3 is 2.38 bits per heavy atom. The summed E-state index contributed by atoms with van der Waals surface area (Å²) in [5.74, 6) is -2.51. The molecule has 164 valence electrons. The number of rotatable bonds is 6. The lowest BCUT2D eigenvalue weighted by atomic mass is 10.00. The molecule has 0 fully saturated rings. The number of fused-ring (bicyclic) bond motifs is 3. The van der Waals surface area contributed by atoms with Crippen LogP contribution in [0.3, 0.4) is 0 Å². The second-order valence-corrected chi connectivity index (χ2v) is 8.83. The Morgan fingerprint density at radius 1 is 0.969 bits per heavy atom. The average molecular weight is 453 g/mol. The van der Waals surface area contributed by atoms with Gasteiger partial charge in [-0.25, -0.2) is 22.3 Å². The van der Waals surface area contributed by atoms with Crippen LogP contribution in [0.1, 0.15) is 33.2 Å². The highest BCUT2D eigenvalue weighted by atomic mass is 32.2. The number of amides is 1. The number of hydrogen-bond donors (Lipinski definition) is 0. The Morgan fingerprint density at radius 2 is 1.66 bits per heavy atom. The second-order valence-electron chi connectivity index (χ2n) is 7.03. The Balaban J connectivity index is 1.82. The minimum atomic E-state index is -4.34. The molecule has 1 aliphatic rings. The summed E-state index contributed by atoms with van der Waals surface area (Å²) >= 11 is 0. The van der Waals surface area contributed by atoms with Gasteiger partial charge in [0.2, 0.25) is 0 Å². The molecule has 1 aliphatic heterocycles. The number of benzene rings is 3. The van der Waals surface area contributed by atoms with Gasteiger partial charge in [-0.05, 0) is 29.3 Å². The Bertz CT molecular complexity index is 1330. The van der Waals surface area contributed by atoms with Gasteiger partial charge in [-0.15, -0.1) is 0 Å². The Labute approximate surface area is 184 Å². The molecule has 3 aromatic carbocycles. The highest BCUT2D eigenvalue weighted by Crippen LogP contribution is 2.39. The first-order valence-electron chi connectivity index (χ1n) is 9.84. The van der Waals surface area contributed by atoms with E-state index >= 15 is 0 Å². The fourth-order valence-corrected chi connectivity index (χ4v) is 5.34. The molecular formula is C23H19NO7S. The van der Waals surface area contributed by atoms with Crippen molar-refractivity contribution in [3.63, 3.8) is 0 Å². The smallest absolute Gasteiger partial charge is 0.344 e. The number of ether oxygens (including phenoxy) is 2. The maximum Gasteiger partial charge on any atom is 0.344 e. The van der Waals surface area contributed by atoms with E-state index in [1.54, 1.807) is 61.5 Å². The van der Waals surface area contributed by atoms with Crippen LogP contribution in [0, 0.1) is 0 Å². The summed E-state index contributed by atoms with van der Waals surface area (Å²) in [6.07, 6.45) is 0. The van der Waals surface area contributed by atoms with E-state index in [-0.39, 0.29) is 24.3 Å². The predicted molar refractivity (Wildman–Crippen MR) is 114 cm³/mol. The Hall–Kier alpha value is -3.72. The van der Waals surface area contributed by atoms with E-state index < -0.39 is 39.4 Å². The summed E-state index contributed by atoms with van der Waals surface area (Å²) in [5.41, 5.74) is 0.238. The van der Waals surface area contributed by atoms with E-state index in [1.165, 1.54) is 6.07 Å². The summed E-state index contributed by atoms with van der Waals surface area (Å²) < 4.78 is 37.3. The van der Waals surface area contributed by atoms with E-state index in [2.05, 4.69) is 0 Å². The summed E-state index contributed by atoms with van der Waals surface area (Å²) in [5, 5.41) is 0.910. The van der Waals surface area contributed by atoms with Crippen LogP contribution >= 0.6 is 0 Å². The van der Waals surface area contributed by atoms with Gasteiger partial charge in [0.25, 0.3) is 15.9 Å². The summed E-state index contributed by atoms with van der Waals surface area (Å²) in [7, 11) is -4.34. The molecular weight excluding hydrogens is 434 g/mol. The number of sulfonamides is 1. The van der Waals surface area contributed by atoms with E-state index in [0.29, 0.717) is 16.3 Å². The van der Waals surface area contributed by atoms with Gasteiger partial charge in [-0.1, -0.05) is 54.6 Å². The molecule has 0 aliphatic carbocycles. The van der Waals surface area contributed by atoms with Gasteiger partial charge in [-0.3, -0.25) is 4.79 Å². The zero-order valence-electron chi connectivity index (χ0n) is 17.1. The van der Waals surface area contributed by atoms with Crippen molar-refractivity contribution in [2.75, 3.05) is 13.2 Å². The average Bonchev–Trinajstić information content (AvgIpc) is 2.99. The third kappa shape index (κ3) is 3.71. The van der Waals surface area contributed by atoms with Gasteiger partial charge in [0.15, 0.2) is 6.61 Å². The lowest BCUT2D eigenvalue weighted by molar-refractivity contribution is -0.146. The van der Waals surface area contributed by atoms with Crippen LogP contribution in [0.5, 0.6) is 0 Å². The number of esters is 2. The van der Waals surface area contributed by atoms with Gasteiger partial charge >= 0.3 is 11.9 Å². The lowest BCUT2D eigenvalue weighted by Crippen LogP contribution is -2.29. The molecule has 32 heavy (non-hydrogen) atoms. The fourth-order valence-electron chi connectivity index (χ4n) is 3.62. The largest absolute Gasteiger partial charge is 0.463 e. The van der Waals surface area contributed by atoms with Gasteiger partial charge < -0.3 is 9.47 Å². The molecule has 0 saturated carbocycles. The van der Waals surface area contributed by atoms with E-state index in [1.807, 2.05) is 0 Å². The Kier molecular flexibility index (Phi) is 5.67. The van der Waals surface area contributed by atoms with Crippen LogP contribution in [0.25, 0.3) is 10.8 Å². The predicted octanol–water partition coefficient (Wildman–Crippen LogP) is 2.90. The van der Waals surface area contributed by atoms with Crippen LogP contribution in [-0.2, 0) is 30.8 Å². The summed E-state index contributed by atoms with van der Waals surface area (Å²) in [6, 6.07) is 16.7. The zero-order valence-corrected chi connectivity index (χ0v) is 17.9. The molecule has 0 radical (unpaired) electrons. The second kappa shape index (κ2) is 8.43. The molecule has 0 atom stereocenters. The molecule has 1 amide bonds. The molecule has 9 heteroatoms. The van der Waals surface area contributed by atoms with Crippen molar-refractivity contribution in [3.05, 3.63) is 77.4 Å². The minimum absolute atomic E-state index is 0.0814. The van der Waals surface area contributed by atoms with E-state index in [9.17, 15) is 22.8 Å². The quantitative estimate of drug-likeness (QED) is 0.528. The molecule has 1 heterocycles. The van der Waals surface area contributed by atoms with Crippen molar-refractivity contribution in [1.29, 1.82) is 0 Å². The highest BCUT2D eigenvalue weighted by Gasteiger charge is 2.45. The third-order valence-corrected chi connectivity index (χ3v) is 6.82. The van der Waals surface area contributed by atoms with Crippen molar-refractivity contribution in [2.24, 2.45) is 0 Å². The molecule has 3 aromatic rings. The van der Waals surface area contributed by atoms with Gasteiger partial charge in [0.1, 0.15) is 4.90 Å². The van der Waals surface area contributed by atoms with Gasteiger partial charge in [0, 0.05) is 0 Å². The van der Waals surface area contributed by atoms with Gasteiger partial charge in [-0.2, -0.15) is 0 Å². The molecule has 0 spiro atoms. The summed E-state index contributed by atoms with van der Waals surface area (Å²) in [6.45, 7) is 0.868. The van der Waals surface area contributed by atoms with Crippen LogP contribution in [0.4, 0.5) is 0 Å². The maximum absolute atomic E-state index is 13.4. The van der Waals surface area contributed by atoms with Crippen LogP contribution in [-0.4, -0.2) is 43.8 Å². The molecule has 0 bridgehead atoms. The van der Waals surface area contributed by atoms with Gasteiger partial charge in [0.05, 0.1) is 24.3 Å². The first kappa shape index (κ1) is 21.5. The van der Waals surface area contributed by atoms with Crippen molar-refractivity contribution in [1.82, 2.24) is 4.31 Å². The van der Waals surface area contributed by atoms with Crippen LogP contribution < -0.4 is 0 Å². The van der Waals surface area contributed by atoms with Crippen molar-refractivity contribution in [3.8, 4) is 0 Å². The number of carbonyl (C=O) groups excluding carboxylic acids is 3. The first-order valence-corrected chi connectivity index (χ1v) is 11.3. The number of carbonyl (C=O) groups is 3.